The van der Waals surface area contributed by atoms with E-state index in [-0.39, 0.29) is 43.7 Å². The van der Waals surface area contributed by atoms with E-state index in [4.69, 9.17) is 14.2 Å². The zero-order valence-electron chi connectivity index (χ0n) is 37.2. The van der Waals surface area contributed by atoms with Crippen molar-refractivity contribution in [2.45, 2.75) is 107 Å². The number of unbranched alkanes of at least 4 members (excludes halogenated alkanes) is 4. The van der Waals surface area contributed by atoms with E-state index in [2.05, 4.69) is 43.2 Å². The van der Waals surface area contributed by atoms with E-state index in [1.807, 2.05) is 45.9 Å². The molecule has 0 aliphatic heterocycles. The molecule has 3 aromatic rings. The molecule has 0 fully saturated rings. The third-order valence-corrected chi connectivity index (χ3v) is 10.9. The number of benzene rings is 3. The third-order valence-electron chi connectivity index (χ3n) is 10.9. The number of aromatic hydroxyl groups is 1. The lowest BCUT2D eigenvalue weighted by molar-refractivity contribution is -0.440. The maximum absolute atomic E-state index is 11.4. The molecule has 0 amide bonds. The van der Waals surface area contributed by atoms with E-state index in [1.165, 1.54) is 17.7 Å². The van der Waals surface area contributed by atoms with Gasteiger partial charge in [-0.3, -0.25) is 0 Å². The lowest BCUT2D eigenvalue weighted by Crippen LogP contribution is -2.21. The fraction of sp³-hybridized carbons (Fsp3) is 0.460. The second-order valence-electron chi connectivity index (χ2n) is 15.3. The molecule has 0 unspecified atom stereocenters. The van der Waals surface area contributed by atoms with Crippen LogP contribution in [0, 0.1) is 27.7 Å². The topological polar surface area (TPSA) is 135 Å². The second kappa shape index (κ2) is 23.6. The van der Waals surface area contributed by atoms with Crippen molar-refractivity contribution in [3.05, 3.63) is 105 Å². The van der Waals surface area contributed by atoms with Crippen molar-refractivity contribution in [3.8, 4) is 23.0 Å². The van der Waals surface area contributed by atoms with Crippen LogP contribution in [0.5, 0.6) is 23.0 Å². The summed E-state index contributed by atoms with van der Waals surface area (Å²) in [6.45, 7) is 18.7. The van der Waals surface area contributed by atoms with Gasteiger partial charge in [0.05, 0.1) is 37.1 Å². The quantitative estimate of drug-likeness (QED) is 0.0360. The zero-order valence-corrected chi connectivity index (χ0v) is 37.2. The SMILES string of the molecule is CCCCCN(c1ccc(/C=C(O)/C=C2C=C/C(=[N+](/CCCCC)c3c(C)c(CCC)cc(OCCO)c3C)C=C/2O)c(O)c1)c1c(C)c(OCC)cc(OCCO)c1C. The Morgan fingerprint density at radius 2 is 1.38 bits per heavy atom. The van der Waals surface area contributed by atoms with Crippen LogP contribution in [-0.2, 0) is 6.42 Å². The molecule has 0 atom stereocenters. The number of allylic oxidation sites excluding steroid dienone is 4. The van der Waals surface area contributed by atoms with Crippen LogP contribution in [0.4, 0.5) is 17.1 Å². The molecule has 326 valence electrons. The Morgan fingerprint density at radius 3 is 1.98 bits per heavy atom. The van der Waals surface area contributed by atoms with E-state index in [9.17, 15) is 25.5 Å². The van der Waals surface area contributed by atoms with Crippen LogP contribution in [0.1, 0.15) is 106 Å². The molecule has 10 nitrogen and oxygen atoms in total. The highest BCUT2D eigenvalue weighted by Gasteiger charge is 2.27. The van der Waals surface area contributed by atoms with E-state index in [0.29, 0.717) is 35.8 Å². The number of ether oxygens (including phenoxy) is 3. The van der Waals surface area contributed by atoms with Crippen molar-refractivity contribution >= 4 is 28.8 Å². The van der Waals surface area contributed by atoms with Gasteiger partial charge < -0.3 is 44.6 Å². The Balaban J connectivity index is 1.73. The average Bonchev–Trinajstić information content (AvgIpc) is 3.22. The maximum Gasteiger partial charge on any atom is 0.215 e. The second-order valence-corrected chi connectivity index (χ2v) is 15.3. The van der Waals surface area contributed by atoms with Crippen LogP contribution in [0.15, 0.2) is 71.7 Å². The molecule has 0 saturated heterocycles. The highest BCUT2D eigenvalue weighted by atomic mass is 16.5. The number of nitrogens with zero attached hydrogens (tertiary/aromatic N) is 2. The smallest absolute Gasteiger partial charge is 0.215 e. The third kappa shape index (κ3) is 12.0. The van der Waals surface area contributed by atoms with Crippen molar-refractivity contribution in [2.24, 2.45) is 0 Å². The first-order valence-electron chi connectivity index (χ1n) is 21.8. The number of hydrogen-bond donors (Lipinski definition) is 5. The van der Waals surface area contributed by atoms with Crippen molar-refractivity contribution in [1.82, 2.24) is 0 Å². The Labute approximate surface area is 358 Å². The number of anilines is 2. The minimum atomic E-state index is -0.132. The monoisotopic (exact) mass is 826 g/mol. The van der Waals surface area contributed by atoms with E-state index >= 15 is 0 Å². The predicted octanol–water partition coefficient (Wildman–Crippen LogP) is 10.9. The minimum absolute atomic E-state index is 0.00867. The zero-order chi connectivity index (χ0) is 43.8. The van der Waals surface area contributed by atoms with Gasteiger partial charge in [-0.1, -0.05) is 46.5 Å². The standard InChI is InChI=1S/C50H68N2O8/c1-9-13-15-22-51(49-34(5)38(17-11-3)30-46(35(49)6)59-26-24-53)41-20-18-39(44(56)31-41)28-43(55)29-40-19-21-42(32-45(40)57)52(23-16-14-10-2)50-36(7)47(58-12-4)33-48(37(50)8)60-27-25-54/h18-21,28-33,53-54H,9-17,22-27H2,1-8H3,(H2,55,56,57)/p+1. The normalized spacial score (nSPS) is 14.4. The number of aliphatic hydroxyl groups is 4. The predicted molar refractivity (Wildman–Crippen MR) is 245 cm³/mol. The molecular weight excluding hydrogens is 757 g/mol. The number of aryl methyl sites for hydroxylation is 1. The van der Waals surface area contributed by atoms with Gasteiger partial charge in [0.25, 0.3) is 0 Å². The molecule has 0 radical (unpaired) electrons. The Morgan fingerprint density at radius 1 is 0.733 bits per heavy atom. The summed E-state index contributed by atoms with van der Waals surface area (Å²) in [7, 11) is 0. The molecule has 60 heavy (non-hydrogen) atoms. The number of aliphatic hydroxyl groups excluding tert-OH is 4. The van der Waals surface area contributed by atoms with Gasteiger partial charge in [-0.15, -0.1) is 0 Å². The maximum atomic E-state index is 11.4. The van der Waals surface area contributed by atoms with Gasteiger partial charge in [-0.05, 0) is 95.9 Å². The van der Waals surface area contributed by atoms with Gasteiger partial charge >= 0.3 is 0 Å². The highest BCUT2D eigenvalue weighted by Crippen LogP contribution is 2.43. The summed E-state index contributed by atoms with van der Waals surface area (Å²) in [5.74, 6) is 1.93. The summed E-state index contributed by atoms with van der Waals surface area (Å²) in [6.07, 6.45) is 16.4. The molecule has 1 aliphatic carbocycles. The first kappa shape index (κ1) is 47.5. The Bertz CT molecular complexity index is 2080. The summed E-state index contributed by atoms with van der Waals surface area (Å²) < 4.78 is 20.2. The lowest BCUT2D eigenvalue weighted by atomic mass is 9.96. The first-order chi connectivity index (χ1) is 28.9. The van der Waals surface area contributed by atoms with Crippen molar-refractivity contribution in [3.63, 3.8) is 0 Å². The van der Waals surface area contributed by atoms with Crippen LogP contribution in [0.25, 0.3) is 6.08 Å². The van der Waals surface area contributed by atoms with Gasteiger partial charge in [0.1, 0.15) is 54.3 Å². The summed E-state index contributed by atoms with van der Waals surface area (Å²) in [5.41, 5.74) is 9.56. The number of hydrogen-bond acceptors (Lipinski definition) is 9. The van der Waals surface area contributed by atoms with Crippen molar-refractivity contribution in [2.75, 3.05) is 51.0 Å². The molecule has 5 N–H and O–H groups in total. The molecule has 0 spiro atoms. The first-order valence-corrected chi connectivity index (χ1v) is 21.8. The average molecular weight is 826 g/mol. The number of rotatable bonds is 23. The summed E-state index contributed by atoms with van der Waals surface area (Å²) >= 11 is 0. The Hall–Kier alpha value is -5.19. The Kier molecular flexibility index (Phi) is 18.6. The lowest BCUT2D eigenvalue weighted by Gasteiger charge is -2.30. The van der Waals surface area contributed by atoms with Crippen molar-refractivity contribution in [1.29, 1.82) is 0 Å². The number of phenols is 1. The van der Waals surface area contributed by atoms with Gasteiger partial charge in [-0.2, -0.15) is 4.58 Å². The van der Waals surface area contributed by atoms with E-state index in [0.717, 1.165) is 109 Å². The van der Waals surface area contributed by atoms with E-state index in [1.54, 1.807) is 24.3 Å². The molecule has 10 heteroatoms. The molecule has 0 saturated carbocycles. The molecule has 4 rings (SSSR count). The summed E-state index contributed by atoms with van der Waals surface area (Å²) in [5, 5.41) is 53.0. The molecular formula is C50H69N2O8+. The van der Waals surface area contributed by atoms with Gasteiger partial charge in [0.2, 0.25) is 11.4 Å². The minimum Gasteiger partial charge on any atom is -0.508 e. The fourth-order valence-corrected chi connectivity index (χ4v) is 7.81. The van der Waals surface area contributed by atoms with Crippen LogP contribution in [-0.4, -0.2) is 81.9 Å². The van der Waals surface area contributed by atoms with Crippen LogP contribution >= 0.6 is 0 Å². The number of phenolic OH excluding ortho intramolecular Hbond substituents is 1. The summed E-state index contributed by atoms with van der Waals surface area (Å²) in [6, 6.07) is 9.36. The molecule has 3 aromatic carbocycles. The van der Waals surface area contributed by atoms with Crippen molar-refractivity contribution < 1.29 is 44.3 Å². The van der Waals surface area contributed by atoms with Crippen LogP contribution < -0.4 is 19.1 Å². The molecule has 0 heterocycles. The van der Waals surface area contributed by atoms with Crippen LogP contribution in [0.3, 0.4) is 0 Å². The fourth-order valence-electron chi connectivity index (χ4n) is 7.81. The molecule has 0 aromatic heterocycles. The van der Waals surface area contributed by atoms with Crippen LogP contribution in [0.2, 0.25) is 0 Å². The molecule has 0 bridgehead atoms. The van der Waals surface area contributed by atoms with Gasteiger partial charge in [0.15, 0.2) is 0 Å². The molecule has 1 aliphatic rings. The van der Waals surface area contributed by atoms with Gasteiger partial charge in [0, 0.05) is 64.7 Å². The van der Waals surface area contributed by atoms with Gasteiger partial charge in [-0.25, -0.2) is 0 Å². The van der Waals surface area contributed by atoms with E-state index < -0.39 is 0 Å². The largest absolute Gasteiger partial charge is 0.508 e. The summed E-state index contributed by atoms with van der Waals surface area (Å²) in [4.78, 5) is 2.17. The highest BCUT2D eigenvalue weighted by molar-refractivity contribution is 6.03.